The van der Waals surface area contributed by atoms with E-state index in [9.17, 15) is 4.79 Å². The molecular weight excluding hydrogens is 188 g/mol. The van der Waals surface area contributed by atoms with E-state index < -0.39 is 0 Å². The minimum absolute atomic E-state index is 0.0879. The quantitative estimate of drug-likeness (QED) is 0.731. The van der Waals surface area contributed by atoms with E-state index in [4.69, 9.17) is 5.73 Å². The van der Waals surface area contributed by atoms with Crippen LogP contribution in [-0.2, 0) is 4.79 Å². The summed E-state index contributed by atoms with van der Waals surface area (Å²) in [6, 6.07) is 0.0879. The molecule has 0 radical (unpaired) electrons. The van der Waals surface area contributed by atoms with Crippen LogP contribution in [0, 0.1) is 23.7 Å². The Morgan fingerprint density at radius 2 is 1.93 bits per heavy atom. The van der Waals surface area contributed by atoms with E-state index in [-0.39, 0.29) is 17.9 Å². The summed E-state index contributed by atoms with van der Waals surface area (Å²) < 4.78 is 0. The molecule has 3 unspecified atom stereocenters. The topological polar surface area (TPSA) is 55.1 Å². The molecule has 2 saturated carbocycles. The maximum atomic E-state index is 11.8. The largest absolute Gasteiger partial charge is 0.354 e. The predicted octanol–water partition coefficient (Wildman–Crippen LogP) is 1.13. The Bertz CT molecular complexity index is 242. The van der Waals surface area contributed by atoms with Crippen LogP contribution in [0.15, 0.2) is 0 Å². The second-order valence-electron chi connectivity index (χ2n) is 5.58. The number of carbonyl (C=O) groups excluding carboxylic acids is 1. The molecule has 3 heteroatoms. The zero-order valence-corrected chi connectivity index (χ0v) is 9.70. The second kappa shape index (κ2) is 4.12. The van der Waals surface area contributed by atoms with Crippen molar-refractivity contribution in [3.8, 4) is 0 Å². The zero-order valence-electron chi connectivity index (χ0n) is 9.70. The monoisotopic (exact) mass is 210 g/mol. The molecule has 2 aliphatic carbocycles. The summed E-state index contributed by atoms with van der Waals surface area (Å²) in [7, 11) is 0. The van der Waals surface area contributed by atoms with Crippen LogP contribution in [-0.4, -0.2) is 18.5 Å². The maximum Gasteiger partial charge on any atom is 0.223 e. The van der Waals surface area contributed by atoms with E-state index in [1.165, 1.54) is 6.42 Å². The standard InChI is InChI=1S/C12H22N2O/c1-7(2)11(13)6-14-12(15)10-4-8-3-9(8)5-10/h7-11H,3-6,13H2,1-2H3,(H,14,15). The van der Waals surface area contributed by atoms with Gasteiger partial charge in [-0.2, -0.15) is 0 Å². The molecule has 2 fully saturated rings. The summed E-state index contributed by atoms with van der Waals surface area (Å²) in [5, 5.41) is 2.98. The van der Waals surface area contributed by atoms with E-state index in [1.54, 1.807) is 0 Å². The molecule has 1 amide bonds. The van der Waals surface area contributed by atoms with Gasteiger partial charge in [0.2, 0.25) is 5.91 Å². The van der Waals surface area contributed by atoms with Gasteiger partial charge in [-0.3, -0.25) is 4.79 Å². The molecule has 3 nitrogen and oxygen atoms in total. The van der Waals surface area contributed by atoms with Crippen molar-refractivity contribution in [2.45, 2.75) is 39.2 Å². The Kier molecular flexibility index (Phi) is 3.01. The summed E-state index contributed by atoms with van der Waals surface area (Å²) >= 11 is 0. The molecule has 0 aromatic rings. The van der Waals surface area contributed by atoms with E-state index >= 15 is 0 Å². The average molecular weight is 210 g/mol. The van der Waals surface area contributed by atoms with Crippen molar-refractivity contribution in [3.63, 3.8) is 0 Å². The van der Waals surface area contributed by atoms with Gasteiger partial charge >= 0.3 is 0 Å². The van der Waals surface area contributed by atoms with E-state index in [0.29, 0.717) is 12.5 Å². The highest BCUT2D eigenvalue weighted by molar-refractivity contribution is 5.79. The van der Waals surface area contributed by atoms with Gasteiger partial charge < -0.3 is 11.1 Å². The predicted molar refractivity (Wildman–Crippen MR) is 60.1 cm³/mol. The SMILES string of the molecule is CC(C)C(N)CNC(=O)C1CC2CC2C1. The first-order chi connectivity index (χ1) is 7.08. The van der Waals surface area contributed by atoms with Crippen molar-refractivity contribution in [3.05, 3.63) is 0 Å². The normalized spacial score (nSPS) is 35.1. The van der Waals surface area contributed by atoms with Crippen LogP contribution in [0.2, 0.25) is 0 Å². The van der Waals surface area contributed by atoms with Crippen LogP contribution in [0.25, 0.3) is 0 Å². The lowest BCUT2D eigenvalue weighted by Crippen LogP contribution is -2.42. The second-order valence-corrected chi connectivity index (χ2v) is 5.58. The van der Waals surface area contributed by atoms with Crippen LogP contribution in [0.3, 0.4) is 0 Å². The molecule has 2 aliphatic rings. The smallest absolute Gasteiger partial charge is 0.223 e. The Morgan fingerprint density at radius 1 is 1.33 bits per heavy atom. The number of fused-ring (bicyclic) bond motifs is 1. The number of hydrogen-bond donors (Lipinski definition) is 2. The molecule has 0 spiro atoms. The minimum atomic E-state index is 0.0879. The van der Waals surface area contributed by atoms with E-state index in [0.717, 1.165) is 24.7 Å². The van der Waals surface area contributed by atoms with Crippen LogP contribution in [0.1, 0.15) is 33.1 Å². The van der Waals surface area contributed by atoms with Gasteiger partial charge in [-0.25, -0.2) is 0 Å². The lowest BCUT2D eigenvalue weighted by molar-refractivity contribution is -0.125. The van der Waals surface area contributed by atoms with E-state index in [1.807, 2.05) is 0 Å². The number of hydrogen-bond acceptors (Lipinski definition) is 2. The minimum Gasteiger partial charge on any atom is -0.354 e. The Labute approximate surface area is 91.8 Å². The van der Waals surface area contributed by atoms with Crippen LogP contribution in [0.4, 0.5) is 0 Å². The Hall–Kier alpha value is -0.570. The third kappa shape index (κ3) is 2.51. The van der Waals surface area contributed by atoms with Gasteiger partial charge in [-0.15, -0.1) is 0 Å². The zero-order chi connectivity index (χ0) is 11.0. The third-order valence-corrected chi connectivity index (χ3v) is 3.98. The fourth-order valence-electron chi connectivity index (χ4n) is 2.53. The van der Waals surface area contributed by atoms with Crippen molar-refractivity contribution in [2.24, 2.45) is 29.4 Å². The van der Waals surface area contributed by atoms with Crippen LogP contribution >= 0.6 is 0 Å². The molecule has 86 valence electrons. The number of rotatable bonds is 4. The molecule has 0 aromatic carbocycles. The van der Waals surface area contributed by atoms with Crippen molar-refractivity contribution in [2.75, 3.05) is 6.54 Å². The number of nitrogens with two attached hydrogens (primary N) is 1. The molecule has 3 atom stereocenters. The Balaban J connectivity index is 1.68. The van der Waals surface area contributed by atoms with Crippen molar-refractivity contribution in [1.29, 1.82) is 0 Å². The lowest BCUT2D eigenvalue weighted by atomic mass is 10.0. The number of amides is 1. The highest BCUT2D eigenvalue weighted by atomic mass is 16.1. The van der Waals surface area contributed by atoms with Gasteiger partial charge in [-0.05, 0) is 37.0 Å². The van der Waals surface area contributed by atoms with Gasteiger partial charge in [0.05, 0.1) is 0 Å². The highest BCUT2D eigenvalue weighted by Gasteiger charge is 2.47. The lowest BCUT2D eigenvalue weighted by Gasteiger charge is -2.18. The molecule has 0 saturated heterocycles. The first-order valence-corrected chi connectivity index (χ1v) is 6.11. The fourth-order valence-corrected chi connectivity index (χ4v) is 2.53. The summed E-state index contributed by atoms with van der Waals surface area (Å²) in [6.07, 6.45) is 3.61. The summed E-state index contributed by atoms with van der Waals surface area (Å²) in [6.45, 7) is 4.80. The van der Waals surface area contributed by atoms with Gasteiger partial charge in [0.1, 0.15) is 0 Å². The summed E-state index contributed by atoms with van der Waals surface area (Å²) in [5.74, 6) is 2.70. The highest BCUT2D eigenvalue weighted by Crippen LogP contribution is 2.54. The molecule has 2 rings (SSSR count). The maximum absolute atomic E-state index is 11.8. The average Bonchev–Trinajstić information content (AvgIpc) is 2.81. The molecular formula is C12H22N2O. The molecule has 0 aromatic heterocycles. The van der Waals surface area contributed by atoms with Crippen molar-refractivity contribution >= 4 is 5.91 Å². The summed E-state index contributed by atoms with van der Waals surface area (Å²) in [5.41, 5.74) is 5.88. The third-order valence-electron chi connectivity index (χ3n) is 3.98. The Morgan fingerprint density at radius 3 is 2.47 bits per heavy atom. The van der Waals surface area contributed by atoms with Gasteiger partial charge in [0, 0.05) is 18.5 Å². The van der Waals surface area contributed by atoms with Crippen LogP contribution < -0.4 is 11.1 Å². The van der Waals surface area contributed by atoms with Crippen molar-refractivity contribution < 1.29 is 4.79 Å². The van der Waals surface area contributed by atoms with Gasteiger partial charge in [-0.1, -0.05) is 13.8 Å². The first kappa shape index (κ1) is 10.9. The van der Waals surface area contributed by atoms with Crippen molar-refractivity contribution in [1.82, 2.24) is 5.32 Å². The fraction of sp³-hybridized carbons (Fsp3) is 0.917. The van der Waals surface area contributed by atoms with Gasteiger partial charge in [0.15, 0.2) is 0 Å². The van der Waals surface area contributed by atoms with Crippen LogP contribution in [0.5, 0.6) is 0 Å². The van der Waals surface area contributed by atoms with Gasteiger partial charge in [0.25, 0.3) is 0 Å². The summed E-state index contributed by atoms with van der Waals surface area (Å²) in [4.78, 5) is 11.8. The number of nitrogens with one attached hydrogen (secondary N) is 1. The molecule has 0 bridgehead atoms. The first-order valence-electron chi connectivity index (χ1n) is 6.11. The van der Waals surface area contributed by atoms with E-state index in [2.05, 4.69) is 19.2 Å². The molecule has 3 N–H and O–H groups in total. The number of carbonyl (C=O) groups is 1. The molecule has 15 heavy (non-hydrogen) atoms. The molecule has 0 heterocycles. The molecule has 0 aliphatic heterocycles.